The average Bonchev–Trinajstić information content (AvgIpc) is 2.49. The van der Waals surface area contributed by atoms with Gasteiger partial charge in [-0.05, 0) is 75.3 Å². The Morgan fingerprint density at radius 3 is 2.75 bits per heavy atom. The van der Waals surface area contributed by atoms with Gasteiger partial charge in [0.1, 0.15) is 5.82 Å². The molecule has 3 heterocycles. The Balaban J connectivity index is 1.48. The molecule has 1 unspecified atom stereocenters. The maximum atomic E-state index is 13.1. The van der Waals surface area contributed by atoms with Crippen molar-refractivity contribution >= 4 is 0 Å². The van der Waals surface area contributed by atoms with Crippen LogP contribution >= 0.6 is 0 Å². The van der Waals surface area contributed by atoms with Gasteiger partial charge in [-0.1, -0.05) is 0 Å². The van der Waals surface area contributed by atoms with Gasteiger partial charge in [-0.25, -0.2) is 4.39 Å². The molecule has 1 aromatic heterocycles. The van der Waals surface area contributed by atoms with Crippen molar-refractivity contribution in [3.63, 3.8) is 0 Å². The predicted molar refractivity (Wildman–Crippen MR) is 77.8 cm³/mol. The lowest BCUT2D eigenvalue weighted by atomic mass is 9.80. The van der Waals surface area contributed by atoms with Crippen molar-refractivity contribution in [1.29, 1.82) is 0 Å². The van der Waals surface area contributed by atoms with Crippen molar-refractivity contribution in [3.05, 3.63) is 29.8 Å². The second-order valence-electron chi connectivity index (χ2n) is 6.23. The van der Waals surface area contributed by atoms with Crippen molar-refractivity contribution in [2.24, 2.45) is 11.8 Å². The SMILES string of the molecule is Fc1cncc(CN2CCC(C3CCCNC3)CC2)c1. The van der Waals surface area contributed by atoms with E-state index in [4.69, 9.17) is 0 Å². The Kier molecular flexibility index (Phi) is 4.63. The van der Waals surface area contributed by atoms with Gasteiger partial charge in [0.05, 0.1) is 6.20 Å². The van der Waals surface area contributed by atoms with Crippen LogP contribution in [0.25, 0.3) is 0 Å². The van der Waals surface area contributed by atoms with E-state index in [1.54, 1.807) is 12.3 Å². The van der Waals surface area contributed by atoms with E-state index in [0.717, 1.165) is 37.0 Å². The summed E-state index contributed by atoms with van der Waals surface area (Å²) in [5.74, 6) is 1.53. The van der Waals surface area contributed by atoms with Crippen molar-refractivity contribution in [1.82, 2.24) is 15.2 Å². The van der Waals surface area contributed by atoms with E-state index in [-0.39, 0.29) is 5.82 Å². The standard InChI is InChI=1S/C16H24FN3/c17-16-8-13(9-19-11-16)12-20-6-3-14(4-7-20)15-2-1-5-18-10-15/h8-9,11,14-15,18H,1-7,10,12H2. The summed E-state index contributed by atoms with van der Waals surface area (Å²) in [4.78, 5) is 6.36. The fourth-order valence-electron chi connectivity index (χ4n) is 3.66. The Morgan fingerprint density at radius 1 is 1.20 bits per heavy atom. The lowest BCUT2D eigenvalue weighted by Gasteiger charge is -2.37. The summed E-state index contributed by atoms with van der Waals surface area (Å²) in [5.41, 5.74) is 0.989. The second-order valence-corrected chi connectivity index (χ2v) is 6.23. The number of rotatable bonds is 3. The topological polar surface area (TPSA) is 28.2 Å². The number of hydrogen-bond donors (Lipinski definition) is 1. The molecule has 0 spiro atoms. The van der Waals surface area contributed by atoms with Gasteiger partial charge in [-0.3, -0.25) is 9.88 Å². The minimum Gasteiger partial charge on any atom is -0.316 e. The number of nitrogens with zero attached hydrogens (tertiary/aromatic N) is 2. The molecule has 2 fully saturated rings. The van der Waals surface area contributed by atoms with Gasteiger partial charge in [0.15, 0.2) is 0 Å². The maximum Gasteiger partial charge on any atom is 0.141 e. The van der Waals surface area contributed by atoms with E-state index >= 15 is 0 Å². The van der Waals surface area contributed by atoms with Gasteiger partial charge < -0.3 is 5.32 Å². The Morgan fingerprint density at radius 2 is 2.05 bits per heavy atom. The Hall–Kier alpha value is -1.00. The molecule has 20 heavy (non-hydrogen) atoms. The van der Waals surface area contributed by atoms with E-state index in [0.29, 0.717) is 0 Å². The molecule has 1 atom stereocenters. The highest BCUT2D eigenvalue weighted by atomic mass is 19.1. The van der Waals surface area contributed by atoms with Crippen LogP contribution in [0, 0.1) is 17.7 Å². The van der Waals surface area contributed by atoms with Crippen LogP contribution in [0.1, 0.15) is 31.2 Å². The zero-order valence-electron chi connectivity index (χ0n) is 12.0. The normalized spacial score (nSPS) is 25.8. The highest BCUT2D eigenvalue weighted by Gasteiger charge is 2.27. The van der Waals surface area contributed by atoms with Gasteiger partial charge in [0, 0.05) is 12.7 Å². The number of halogens is 1. The first-order valence-corrected chi connectivity index (χ1v) is 7.84. The van der Waals surface area contributed by atoms with Crippen LogP contribution in [-0.4, -0.2) is 36.1 Å². The zero-order chi connectivity index (χ0) is 13.8. The third-order valence-corrected chi connectivity index (χ3v) is 4.80. The van der Waals surface area contributed by atoms with Crippen molar-refractivity contribution in [2.45, 2.75) is 32.2 Å². The molecule has 2 saturated heterocycles. The van der Waals surface area contributed by atoms with Crippen LogP contribution < -0.4 is 5.32 Å². The molecule has 1 aromatic rings. The monoisotopic (exact) mass is 277 g/mol. The zero-order valence-corrected chi connectivity index (χ0v) is 12.0. The lowest BCUT2D eigenvalue weighted by Crippen LogP contribution is -2.40. The minimum absolute atomic E-state index is 0.231. The van der Waals surface area contributed by atoms with Gasteiger partial charge in [0.2, 0.25) is 0 Å². The molecule has 4 heteroatoms. The number of aromatic nitrogens is 1. The number of nitrogens with one attached hydrogen (secondary N) is 1. The van der Waals surface area contributed by atoms with E-state index in [1.807, 2.05) is 0 Å². The molecule has 3 nitrogen and oxygen atoms in total. The summed E-state index contributed by atoms with van der Waals surface area (Å²) >= 11 is 0. The second kappa shape index (κ2) is 6.64. The molecular formula is C16H24FN3. The van der Waals surface area contributed by atoms with Crippen LogP contribution in [-0.2, 0) is 6.54 Å². The largest absolute Gasteiger partial charge is 0.316 e. The quantitative estimate of drug-likeness (QED) is 0.920. The number of piperidine rings is 2. The van der Waals surface area contributed by atoms with Gasteiger partial charge >= 0.3 is 0 Å². The first-order valence-electron chi connectivity index (χ1n) is 7.84. The molecule has 2 aliphatic rings. The third kappa shape index (κ3) is 3.55. The molecular weight excluding hydrogens is 253 g/mol. The molecule has 0 radical (unpaired) electrons. The number of hydrogen-bond acceptors (Lipinski definition) is 3. The highest BCUT2D eigenvalue weighted by molar-refractivity contribution is 5.10. The fourth-order valence-corrected chi connectivity index (χ4v) is 3.66. The van der Waals surface area contributed by atoms with Crippen LogP contribution in [0.15, 0.2) is 18.5 Å². The van der Waals surface area contributed by atoms with Crippen LogP contribution in [0.4, 0.5) is 4.39 Å². The van der Waals surface area contributed by atoms with Gasteiger partial charge in [-0.2, -0.15) is 0 Å². The molecule has 1 N–H and O–H groups in total. The Labute approximate surface area is 120 Å². The summed E-state index contributed by atoms with van der Waals surface area (Å²) < 4.78 is 13.1. The first kappa shape index (κ1) is 14.0. The van der Waals surface area contributed by atoms with E-state index in [9.17, 15) is 4.39 Å². The van der Waals surface area contributed by atoms with Crippen LogP contribution in [0.2, 0.25) is 0 Å². The minimum atomic E-state index is -0.231. The smallest absolute Gasteiger partial charge is 0.141 e. The van der Waals surface area contributed by atoms with Gasteiger partial charge in [-0.15, -0.1) is 0 Å². The molecule has 0 amide bonds. The van der Waals surface area contributed by atoms with Crippen LogP contribution in [0.3, 0.4) is 0 Å². The number of likely N-dealkylation sites (tertiary alicyclic amines) is 1. The lowest BCUT2D eigenvalue weighted by molar-refractivity contribution is 0.128. The summed E-state index contributed by atoms with van der Waals surface area (Å²) in [6.07, 6.45) is 8.35. The predicted octanol–water partition coefficient (Wildman–Crippen LogP) is 2.43. The first-order chi connectivity index (χ1) is 9.81. The average molecular weight is 277 g/mol. The molecule has 0 aromatic carbocycles. The molecule has 0 bridgehead atoms. The summed E-state index contributed by atoms with van der Waals surface area (Å²) in [6.45, 7) is 5.51. The van der Waals surface area contributed by atoms with E-state index in [1.165, 1.54) is 45.0 Å². The van der Waals surface area contributed by atoms with Crippen molar-refractivity contribution in [3.8, 4) is 0 Å². The number of pyridine rings is 1. The fraction of sp³-hybridized carbons (Fsp3) is 0.688. The maximum absolute atomic E-state index is 13.1. The molecule has 3 rings (SSSR count). The van der Waals surface area contributed by atoms with Crippen molar-refractivity contribution in [2.75, 3.05) is 26.2 Å². The highest BCUT2D eigenvalue weighted by Crippen LogP contribution is 2.29. The third-order valence-electron chi connectivity index (χ3n) is 4.80. The van der Waals surface area contributed by atoms with Crippen LogP contribution in [0.5, 0.6) is 0 Å². The molecule has 110 valence electrons. The summed E-state index contributed by atoms with van der Waals surface area (Å²) in [5, 5.41) is 3.53. The van der Waals surface area contributed by atoms with E-state index < -0.39 is 0 Å². The Bertz CT molecular complexity index is 423. The van der Waals surface area contributed by atoms with E-state index in [2.05, 4.69) is 15.2 Å². The summed E-state index contributed by atoms with van der Waals surface area (Å²) in [6, 6.07) is 1.60. The summed E-state index contributed by atoms with van der Waals surface area (Å²) in [7, 11) is 0. The molecule has 2 aliphatic heterocycles. The molecule has 0 aliphatic carbocycles. The van der Waals surface area contributed by atoms with Crippen molar-refractivity contribution < 1.29 is 4.39 Å². The molecule has 0 saturated carbocycles. The van der Waals surface area contributed by atoms with Gasteiger partial charge in [0.25, 0.3) is 0 Å².